The van der Waals surface area contributed by atoms with Crippen LogP contribution in [0.25, 0.3) is 11.3 Å². The van der Waals surface area contributed by atoms with E-state index < -0.39 is 5.97 Å². The fourth-order valence-corrected chi connectivity index (χ4v) is 1.94. The Morgan fingerprint density at radius 3 is 2.57 bits per heavy atom. The van der Waals surface area contributed by atoms with E-state index in [1.54, 1.807) is 13.8 Å². The molecule has 1 heterocycles. The predicted molar refractivity (Wildman–Crippen MR) is 78.4 cm³/mol. The number of nitrogens with zero attached hydrogens (tertiary/aromatic N) is 1. The summed E-state index contributed by atoms with van der Waals surface area (Å²) in [6.07, 6.45) is 0.956. The normalized spacial score (nSPS) is 10.4. The number of hydrogen-bond acceptors (Lipinski definition) is 5. The van der Waals surface area contributed by atoms with Gasteiger partial charge < -0.3 is 14.0 Å². The summed E-state index contributed by atoms with van der Waals surface area (Å²) in [5.41, 5.74) is 1.66. The Morgan fingerprint density at radius 1 is 1.24 bits per heavy atom. The van der Waals surface area contributed by atoms with Crippen molar-refractivity contribution in [2.75, 3.05) is 13.2 Å². The lowest BCUT2D eigenvalue weighted by Gasteiger charge is -2.06. The molecule has 0 saturated heterocycles. The van der Waals surface area contributed by atoms with Gasteiger partial charge in [0, 0.05) is 5.56 Å². The zero-order valence-electron chi connectivity index (χ0n) is 12.5. The molecule has 112 valence electrons. The zero-order valence-corrected chi connectivity index (χ0v) is 12.5. The molecule has 0 fully saturated rings. The summed E-state index contributed by atoms with van der Waals surface area (Å²) in [4.78, 5) is 12.0. The van der Waals surface area contributed by atoms with E-state index in [9.17, 15) is 4.79 Å². The second-order valence-corrected chi connectivity index (χ2v) is 4.56. The van der Waals surface area contributed by atoms with Gasteiger partial charge in [0.1, 0.15) is 22.8 Å². The minimum absolute atomic E-state index is 0.312. The van der Waals surface area contributed by atoms with E-state index in [0.29, 0.717) is 30.2 Å². The summed E-state index contributed by atoms with van der Waals surface area (Å²) in [6, 6.07) is 7.41. The van der Waals surface area contributed by atoms with Crippen LogP contribution in [0.5, 0.6) is 5.75 Å². The first kappa shape index (κ1) is 15.1. The molecule has 0 radical (unpaired) electrons. The Hall–Kier alpha value is -2.30. The number of rotatable bonds is 6. The Bertz CT molecular complexity index is 601. The van der Waals surface area contributed by atoms with Crippen molar-refractivity contribution < 1.29 is 18.8 Å². The second-order valence-electron chi connectivity index (χ2n) is 4.56. The molecular formula is C16H19NO4. The van der Waals surface area contributed by atoms with Crippen LogP contribution in [0.3, 0.4) is 0 Å². The number of aromatic nitrogens is 1. The molecule has 21 heavy (non-hydrogen) atoms. The smallest absolute Gasteiger partial charge is 0.344 e. The van der Waals surface area contributed by atoms with Gasteiger partial charge >= 0.3 is 5.97 Å². The maximum Gasteiger partial charge on any atom is 0.344 e. The van der Waals surface area contributed by atoms with Gasteiger partial charge in [-0.15, -0.1) is 0 Å². The molecule has 5 nitrogen and oxygen atoms in total. The lowest BCUT2D eigenvalue weighted by molar-refractivity contribution is 0.0525. The first-order chi connectivity index (χ1) is 10.2. The van der Waals surface area contributed by atoms with Gasteiger partial charge in [0.2, 0.25) is 0 Å². The number of carbonyl (C=O) groups is 1. The quantitative estimate of drug-likeness (QED) is 0.760. The molecule has 0 saturated carbocycles. The van der Waals surface area contributed by atoms with Crippen molar-refractivity contribution >= 4 is 5.97 Å². The van der Waals surface area contributed by atoms with Crippen LogP contribution >= 0.6 is 0 Å². The average Bonchev–Trinajstić information content (AvgIpc) is 2.88. The van der Waals surface area contributed by atoms with Gasteiger partial charge in [0.05, 0.1) is 13.2 Å². The molecule has 0 spiro atoms. The van der Waals surface area contributed by atoms with Gasteiger partial charge in [-0.25, -0.2) is 4.79 Å². The van der Waals surface area contributed by atoms with Crippen LogP contribution < -0.4 is 4.74 Å². The van der Waals surface area contributed by atoms with Crippen molar-refractivity contribution in [1.82, 2.24) is 5.16 Å². The number of carbonyl (C=O) groups excluding carboxylic acids is 1. The van der Waals surface area contributed by atoms with E-state index >= 15 is 0 Å². The van der Waals surface area contributed by atoms with Crippen molar-refractivity contribution in [3.63, 3.8) is 0 Å². The highest BCUT2D eigenvalue weighted by Gasteiger charge is 2.22. The van der Waals surface area contributed by atoms with Crippen LogP contribution in [0.2, 0.25) is 0 Å². The fourth-order valence-electron chi connectivity index (χ4n) is 1.94. The number of aryl methyl sites for hydroxylation is 1. The van der Waals surface area contributed by atoms with Gasteiger partial charge in [0.25, 0.3) is 0 Å². The Labute approximate surface area is 123 Å². The van der Waals surface area contributed by atoms with Crippen LogP contribution in [0, 0.1) is 6.92 Å². The minimum Gasteiger partial charge on any atom is -0.494 e. The highest BCUT2D eigenvalue weighted by molar-refractivity contribution is 5.97. The molecule has 2 rings (SSSR count). The maximum absolute atomic E-state index is 12.0. The summed E-state index contributed by atoms with van der Waals surface area (Å²) >= 11 is 0. The Morgan fingerprint density at radius 2 is 1.95 bits per heavy atom. The number of hydrogen-bond donors (Lipinski definition) is 0. The van der Waals surface area contributed by atoms with Crippen molar-refractivity contribution in [2.24, 2.45) is 0 Å². The Kier molecular flexibility index (Phi) is 4.98. The molecule has 0 unspecified atom stereocenters. The third-order valence-corrected chi connectivity index (χ3v) is 2.94. The second kappa shape index (κ2) is 6.92. The number of esters is 1. The van der Waals surface area contributed by atoms with E-state index in [1.165, 1.54) is 0 Å². The molecule has 2 aromatic rings. The summed E-state index contributed by atoms with van der Waals surface area (Å²) in [5, 5.41) is 3.96. The molecule has 0 aliphatic heterocycles. The fraction of sp³-hybridized carbons (Fsp3) is 0.375. The van der Waals surface area contributed by atoms with E-state index in [-0.39, 0.29) is 0 Å². The minimum atomic E-state index is -0.419. The third kappa shape index (κ3) is 3.42. The number of benzene rings is 1. The van der Waals surface area contributed by atoms with E-state index in [0.717, 1.165) is 17.7 Å². The molecule has 0 N–H and O–H groups in total. The summed E-state index contributed by atoms with van der Waals surface area (Å²) in [7, 11) is 0. The standard InChI is InChI=1S/C16H19NO4/c1-4-10-20-13-8-6-12(7-9-13)15-14(11(3)21-17-15)16(18)19-5-2/h6-9H,4-5,10H2,1-3H3. The predicted octanol–water partition coefficient (Wildman–Crippen LogP) is 3.62. The van der Waals surface area contributed by atoms with Gasteiger partial charge in [-0.05, 0) is 44.5 Å². The van der Waals surface area contributed by atoms with Crippen LogP contribution in [-0.2, 0) is 4.74 Å². The summed E-state index contributed by atoms with van der Waals surface area (Å²) < 4.78 is 15.7. The number of ether oxygens (including phenoxy) is 2. The molecule has 0 aliphatic carbocycles. The lowest BCUT2D eigenvalue weighted by Crippen LogP contribution is -2.06. The molecule has 1 aromatic carbocycles. The Balaban J connectivity index is 2.28. The highest BCUT2D eigenvalue weighted by atomic mass is 16.5. The first-order valence-electron chi connectivity index (χ1n) is 7.04. The molecule has 0 aliphatic rings. The van der Waals surface area contributed by atoms with Crippen LogP contribution in [0.15, 0.2) is 28.8 Å². The van der Waals surface area contributed by atoms with Gasteiger partial charge in [-0.1, -0.05) is 12.1 Å². The zero-order chi connectivity index (χ0) is 15.2. The van der Waals surface area contributed by atoms with Crippen molar-refractivity contribution in [3.8, 4) is 17.0 Å². The van der Waals surface area contributed by atoms with Gasteiger partial charge in [-0.2, -0.15) is 0 Å². The SMILES string of the molecule is CCCOc1ccc(-c2noc(C)c2C(=O)OCC)cc1. The van der Waals surface area contributed by atoms with Crippen molar-refractivity contribution in [3.05, 3.63) is 35.6 Å². The van der Waals surface area contributed by atoms with Crippen LogP contribution in [0.1, 0.15) is 36.4 Å². The monoisotopic (exact) mass is 289 g/mol. The summed E-state index contributed by atoms with van der Waals surface area (Å²) in [6.45, 7) is 6.50. The molecule has 0 bridgehead atoms. The maximum atomic E-state index is 12.0. The molecule has 0 amide bonds. The largest absolute Gasteiger partial charge is 0.494 e. The third-order valence-electron chi connectivity index (χ3n) is 2.94. The van der Waals surface area contributed by atoms with Crippen molar-refractivity contribution in [2.45, 2.75) is 27.2 Å². The van der Waals surface area contributed by atoms with Crippen LogP contribution in [-0.4, -0.2) is 24.3 Å². The summed E-state index contributed by atoms with van der Waals surface area (Å²) in [5.74, 6) is 0.825. The highest BCUT2D eigenvalue weighted by Crippen LogP contribution is 2.27. The van der Waals surface area contributed by atoms with E-state index in [1.807, 2.05) is 24.3 Å². The average molecular weight is 289 g/mol. The van der Waals surface area contributed by atoms with Crippen molar-refractivity contribution in [1.29, 1.82) is 0 Å². The molecular weight excluding hydrogens is 270 g/mol. The van der Waals surface area contributed by atoms with Gasteiger partial charge in [-0.3, -0.25) is 0 Å². The van der Waals surface area contributed by atoms with Gasteiger partial charge in [0.15, 0.2) is 0 Å². The first-order valence-corrected chi connectivity index (χ1v) is 7.04. The molecule has 0 atom stereocenters. The van der Waals surface area contributed by atoms with E-state index in [2.05, 4.69) is 12.1 Å². The topological polar surface area (TPSA) is 61.6 Å². The lowest BCUT2D eigenvalue weighted by atomic mass is 10.1. The van der Waals surface area contributed by atoms with E-state index in [4.69, 9.17) is 14.0 Å². The van der Waals surface area contributed by atoms with Crippen LogP contribution in [0.4, 0.5) is 0 Å². The molecule has 5 heteroatoms. The molecule has 1 aromatic heterocycles.